The number of nitrogens with zero attached hydrogens (tertiary/aromatic N) is 5. The normalized spacial score (nSPS) is 10.8. The molecule has 3 aromatic heterocycles. The molecule has 0 unspecified atom stereocenters. The van der Waals surface area contributed by atoms with E-state index in [1.54, 1.807) is 10.9 Å². The monoisotopic (exact) mass is 312 g/mol. The summed E-state index contributed by atoms with van der Waals surface area (Å²) < 4.78 is 3.02. The van der Waals surface area contributed by atoms with E-state index in [0.29, 0.717) is 18.7 Å². The number of hydrogen-bond acceptors (Lipinski definition) is 5. The molecule has 0 aliphatic heterocycles. The van der Waals surface area contributed by atoms with Gasteiger partial charge in [0.05, 0.1) is 12.0 Å². The molecular formula is C15H16N6O2. The summed E-state index contributed by atoms with van der Waals surface area (Å²) in [5.41, 5.74) is 1.37. The van der Waals surface area contributed by atoms with Gasteiger partial charge < -0.3 is 5.32 Å². The summed E-state index contributed by atoms with van der Waals surface area (Å²) in [7, 11) is 0. The highest BCUT2D eigenvalue weighted by molar-refractivity contribution is 5.81. The SMILES string of the molecule is Cc1nn(CC(=O)NCCn2cnccc2=O)c2ncccc12. The van der Waals surface area contributed by atoms with E-state index in [9.17, 15) is 9.59 Å². The van der Waals surface area contributed by atoms with Crippen molar-refractivity contribution in [2.75, 3.05) is 6.54 Å². The van der Waals surface area contributed by atoms with Crippen LogP contribution in [-0.2, 0) is 17.9 Å². The van der Waals surface area contributed by atoms with E-state index in [0.717, 1.165) is 11.1 Å². The van der Waals surface area contributed by atoms with Gasteiger partial charge in [0.25, 0.3) is 5.56 Å². The second-order valence-corrected chi connectivity index (χ2v) is 5.08. The van der Waals surface area contributed by atoms with Gasteiger partial charge in [-0.05, 0) is 19.1 Å². The van der Waals surface area contributed by atoms with E-state index in [4.69, 9.17) is 0 Å². The number of fused-ring (bicyclic) bond motifs is 1. The molecule has 0 aliphatic rings. The van der Waals surface area contributed by atoms with Crippen LogP contribution in [0.2, 0.25) is 0 Å². The molecular weight excluding hydrogens is 296 g/mol. The molecule has 3 aromatic rings. The first-order valence-corrected chi connectivity index (χ1v) is 7.20. The third kappa shape index (κ3) is 3.25. The molecule has 0 saturated carbocycles. The Bertz CT molecular complexity index is 898. The van der Waals surface area contributed by atoms with Crippen molar-refractivity contribution in [3.8, 4) is 0 Å². The average molecular weight is 312 g/mol. The van der Waals surface area contributed by atoms with E-state index in [-0.39, 0.29) is 18.0 Å². The number of nitrogens with one attached hydrogen (secondary N) is 1. The molecule has 0 bridgehead atoms. The fraction of sp³-hybridized carbons (Fsp3) is 0.267. The lowest BCUT2D eigenvalue weighted by Crippen LogP contribution is -2.33. The summed E-state index contributed by atoms with van der Waals surface area (Å²) in [6.45, 7) is 2.68. The molecule has 0 spiro atoms. The minimum atomic E-state index is -0.183. The van der Waals surface area contributed by atoms with Gasteiger partial charge in [0.15, 0.2) is 5.65 Å². The molecule has 1 amide bonds. The molecule has 8 nitrogen and oxygen atoms in total. The quantitative estimate of drug-likeness (QED) is 0.721. The number of hydrogen-bond donors (Lipinski definition) is 1. The average Bonchev–Trinajstić information content (AvgIpc) is 2.86. The summed E-state index contributed by atoms with van der Waals surface area (Å²) in [6, 6.07) is 5.15. The Hall–Kier alpha value is -3.03. The Labute approximate surface area is 131 Å². The Morgan fingerprint density at radius 1 is 1.30 bits per heavy atom. The zero-order valence-corrected chi connectivity index (χ0v) is 12.6. The zero-order chi connectivity index (χ0) is 16.2. The smallest absolute Gasteiger partial charge is 0.253 e. The molecule has 23 heavy (non-hydrogen) atoms. The van der Waals surface area contributed by atoms with Crippen molar-refractivity contribution in [3.05, 3.63) is 53.0 Å². The van der Waals surface area contributed by atoms with Crippen LogP contribution in [-0.4, -0.2) is 36.8 Å². The number of pyridine rings is 1. The standard InChI is InChI=1S/C15H16N6O2/c1-11-12-3-2-5-18-15(12)21(19-11)9-13(22)17-7-8-20-10-16-6-4-14(20)23/h2-6,10H,7-9H2,1H3,(H,17,22). The van der Waals surface area contributed by atoms with Crippen LogP contribution in [0.3, 0.4) is 0 Å². The fourth-order valence-corrected chi connectivity index (χ4v) is 2.33. The second-order valence-electron chi connectivity index (χ2n) is 5.08. The number of carbonyl (C=O) groups is 1. The summed E-state index contributed by atoms with van der Waals surface area (Å²) in [4.78, 5) is 31.7. The minimum Gasteiger partial charge on any atom is -0.353 e. The lowest BCUT2D eigenvalue weighted by Gasteiger charge is -2.07. The zero-order valence-electron chi connectivity index (χ0n) is 12.6. The molecule has 3 rings (SSSR count). The molecule has 0 aliphatic carbocycles. The molecule has 3 heterocycles. The maximum atomic E-state index is 12.0. The van der Waals surface area contributed by atoms with Gasteiger partial charge >= 0.3 is 0 Å². The molecule has 0 saturated heterocycles. The van der Waals surface area contributed by atoms with Crippen LogP contribution in [0.25, 0.3) is 11.0 Å². The van der Waals surface area contributed by atoms with Crippen LogP contribution < -0.4 is 10.9 Å². The predicted molar refractivity (Wildman–Crippen MR) is 83.8 cm³/mol. The second kappa shape index (κ2) is 6.39. The molecule has 0 aromatic carbocycles. The predicted octanol–water partition coefficient (Wildman–Crippen LogP) is 0.113. The van der Waals surface area contributed by atoms with Crippen LogP contribution >= 0.6 is 0 Å². The number of rotatable bonds is 5. The van der Waals surface area contributed by atoms with Crippen molar-refractivity contribution in [1.82, 2.24) is 29.6 Å². The summed E-state index contributed by atoms with van der Waals surface area (Å²) in [5, 5.41) is 8.04. The summed E-state index contributed by atoms with van der Waals surface area (Å²) in [6.07, 6.45) is 4.56. The third-order valence-corrected chi connectivity index (χ3v) is 3.45. The van der Waals surface area contributed by atoms with E-state index in [1.165, 1.54) is 23.2 Å². The number of aryl methyl sites for hydroxylation is 1. The molecule has 118 valence electrons. The summed E-state index contributed by atoms with van der Waals surface area (Å²) in [5.74, 6) is -0.183. The Morgan fingerprint density at radius 3 is 3.00 bits per heavy atom. The van der Waals surface area contributed by atoms with Crippen LogP contribution in [0.1, 0.15) is 5.69 Å². The van der Waals surface area contributed by atoms with E-state index in [2.05, 4.69) is 20.4 Å². The largest absolute Gasteiger partial charge is 0.353 e. The molecule has 0 radical (unpaired) electrons. The van der Waals surface area contributed by atoms with Gasteiger partial charge in [0.1, 0.15) is 6.54 Å². The lowest BCUT2D eigenvalue weighted by molar-refractivity contribution is -0.121. The van der Waals surface area contributed by atoms with E-state index in [1.807, 2.05) is 19.1 Å². The van der Waals surface area contributed by atoms with Crippen LogP contribution in [0.15, 0.2) is 41.7 Å². The number of carbonyl (C=O) groups excluding carboxylic acids is 1. The highest BCUT2D eigenvalue weighted by Gasteiger charge is 2.11. The van der Waals surface area contributed by atoms with Gasteiger partial charge in [-0.1, -0.05) is 0 Å². The van der Waals surface area contributed by atoms with Gasteiger partial charge in [0, 0.05) is 36.9 Å². The first kappa shape index (κ1) is 14.9. The molecule has 0 fully saturated rings. The molecule has 0 atom stereocenters. The first-order valence-electron chi connectivity index (χ1n) is 7.20. The Balaban J connectivity index is 1.61. The lowest BCUT2D eigenvalue weighted by atomic mass is 10.3. The fourth-order valence-electron chi connectivity index (χ4n) is 2.33. The molecule has 1 N–H and O–H groups in total. The minimum absolute atomic E-state index is 0.0866. The van der Waals surface area contributed by atoms with Crippen molar-refractivity contribution in [3.63, 3.8) is 0 Å². The van der Waals surface area contributed by atoms with Gasteiger partial charge in [0.2, 0.25) is 5.91 Å². The number of amides is 1. The van der Waals surface area contributed by atoms with E-state index >= 15 is 0 Å². The van der Waals surface area contributed by atoms with Crippen molar-refractivity contribution in [1.29, 1.82) is 0 Å². The van der Waals surface area contributed by atoms with Crippen LogP contribution in [0.4, 0.5) is 0 Å². The van der Waals surface area contributed by atoms with Crippen LogP contribution in [0, 0.1) is 6.92 Å². The van der Waals surface area contributed by atoms with Gasteiger partial charge in [-0.15, -0.1) is 0 Å². The van der Waals surface area contributed by atoms with Crippen molar-refractivity contribution in [2.45, 2.75) is 20.0 Å². The third-order valence-electron chi connectivity index (χ3n) is 3.45. The topological polar surface area (TPSA) is 94.7 Å². The van der Waals surface area contributed by atoms with Gasteiger partial charge in [-0.2, -0.15) is 5.10 Å². The Morgan fingerprint density at radius 2 is 2.17 bits per heavy atom. The maximum Gasteiger partial charge on any atom is 0.253 e. The van der Waals surface area contributed by atoms with Crippen molar-refractivity contribution < 1.29 is 4.79 Å². The van der Waals surface area contributed by atoms with Crippen molar-refractivity contribution >= 4 is 16.9 Å². The maximum absolute atomic E-state index is 12.0. The van der Waals surface area contributed by atoms with Gasteiger partial charge in [-0.3, -0.25) is 14.2 Å². The van der Waals surface area contributed by atoms with Crippen LogP contribution in [0.5, 0.6) is 0 Å². The molecule has 8 heteroatoms. The van der Waals surface area contributed by atoms with Crippen molar-refractivity contribution in [2.24, 2.45) is 0 Å². The number of aromatic nitrogens is 5. The van der Waals surface area contributed by atoms with Gasteiger partial charge in [-0.25, -0.2) is 14.6 Å². The summed E-state index contributed by atoms with van der Waals surface area (Å²) >= 11 is 0. The highest BCUT2D eigenvalue weighted by Crippen LogP contribution is 2.14. The Kier molecular flexibility index (Phi) is 4.13. The highest BCUT2D eigenvalue weighted by atomic mass is 16.2. The van der Waals surface area contributed by atoms with E-state index < -0.39 is 0 Å². The first-order chi connectivity index (χ1) is 11.1.